The van der Waals surface area contributed by atoms with Crippen LogP contribution in [0.15, 0.2) is 83.8 Å². The molecule has 0 amide bonds. The number of fused-ring (bicyclic) bond motifs is 1. The van der Waals surface area contributed by atoms with Crippen LogP contribution in [0.4, 0.5) is 15.8 Å². The SMILES string of the molecule is O=c1cc(Cc2ccc(F)cc2)cc2cc(Nc3ccccc3O)ccn12. The molecule has 0 aliphatic rings. The minimum absolute atomic E-state index is 0.126. The standard InChI is InChI=1S/C22H17FN2O2/c23-17-7-5-15(6-8-17)11-16-12-19-14-18(9-10-25(19)22(27)13-16)24-20-3-1-2-4-21(20)26/h1-10,12-14,24,26H,11H2. The van der Waals surface area contributed by atoms with Crippen LogP contribution in [0.25, 0.3) is 5.52 Å². The molecule has 0 aliphatic carbocycles. The zero-order valence-electron chi connectivity index (χ0n) is 14.4. The Bertz CT molecular complexity index is 1170. The van der Waals surface area contributed by atoms with Crippen molar-refractivity contribution in [2.24, 2.45) is 0 Å². The molecule has 2 aromatic heterocycles. The lowest BCUT2D eigenvalue weighted by atomic mass is 10.1. The van der Waals surface area contributed by atoms with Gasteiger partial charge in [0.2, 0.25) is 0 Å². The van der Waals surface area contributed by atoms with Crippen molar-refractivity contribution in [2.45, 2.75) is 6.42 Å². The maximum Gasteiger partial charge on any atom is 0.255 e. The first-order valence-corrected chi connectivity index (χ1v) is 8.53. The van der Waals surface area contributed by atoms with E-state index >= 15 is 0 Å². The molecule has 4 rings (SSSR count). The third-order valence-electron chi connectivity index (χ3n) is 4.37. The molecule has 4 nitrogen and oxygen atoms in total. The Kier molecular flexibility index (Phi) is 4.34. The van der Waals surface area contributed by atoms with E-state index in [1.807, 2.05) is 18.2 Å². The molecule has 0 saturated carbocycles. The zero-order chi connectivity index (χ0) is 18.8. The van der Waals surface area contributed by atoms with Crippen LogP contribution in [-0.2, 0) is 6.42 Å². The van der Waals surface area contributed by atoms with Gasteiger partial charge in [0.15, 0.2) is 0 Å². The summed E-state index contributed by atoms with van der Waals surface area (Å²) < 4.78 is 14.6. The minimum atomic E-state index is -0.280. The number of nitrogens with zero attached hydrogens (tertiary/aromatic N) is 1. The first-order chi connectivity index (χ1) is 13.1. The summed E-state index contributed by atoms with van der Waals surface area (Å²) in [6.45, 7) is 0. The van der Waals surface area contributed by atoms with Crippen molar-refractivity contribution in [3.63, 3.8) is 0 Å². The molecule has 5 heteroatoms. The molecule has 27 heavy (non-hydrogen) atoms. The van der Waals surface area contributed by atoms with Gasteiger partial charge in [-0.1, -0.05) is 24.3 Å². The van der Waals surface area contributed by atoms with E-state index in [0.29, 0.717) is 12.1 Å². The zero-order valence-corrected chi connectivity index (χ0v) is 14.4. The number of aromatic hydroxyl groups is 1. The number of phenolic OH excluding ortho intramolecular Hbond substituents is 1. The lowest BCUT2D eigenvalue weighted by Gasteiger charge is -2.11. The van der Waals surface area contributed by atoms with E-state index in [1.54, 1.807) is 53.1 Å². The third kappa shape index (κ3) is 3.67. The number of nitrogens with one attached hydrogen (secondary N) is 1. The normalized spacial score (nSPS) is 10.9. The van der Waals surface area contributed by atoms with Gasteiger partial charge in [-0.3, -0.25) is 9.20 Å². The molecule has 0 radical (unpaired) electrons. The predicted octanol–water partition coefficient (Wildman–Crippen LogP) is 4.48. The Morgan fingerprint density at radius 2 is 1.70 bits per heavy atom. The van der Waals surface area contributed by atoms with Gasteiger partial charge in [-0.05, 0) is 60.0 Å². The van der Waals surface area contributed by atoms with Crippen LogP contribution in [0.1, 0.15) is 11.1 Å². The molecule has 0 bridgehead atoms. The Morgan fingerprint density at radius 3 is 2.48 bits per heavy atom. The average molecular weight is 360 g/mol. The summed E-state index contributed by atoms with van der Waals surface area (Å²) in [4.78, 5) is 12.4. The highest BCUT2D eigenvalue weighted by Crippen LogP contribution is 2.26. The summed E-state index contributed by atoms with van der Waals surface area (Å²) in [5.74, 6) is -0.128. The molecular formula is C22H17FN2O2. The summed E-state index contributed by atoms with van der Waals surface area (Å²) in [6, 6.07) is 20.4. The molecule has 0 spiro atoms. The molecule has 2 heterocycles. The van der Waals surface area contributed by atoms with E-state index in [2.05, 4.69) is 5.32 Å². The lowest BCUT2D eigenvalue weighted by Crippen LogP contribution is -2.13. The van der Waals surface area contributed by atoms with Crippen molar-refractivity contribution in [3.8, 4) is 5.75 Å². The van der Waals surface area contributed by atoms with Gasteiger partial charge >= 0.3 is 0 Å². The van der Waals surface area contributed by atoms with E-state index < -0.39 is 0 Å². The van der Waals surface area contributed by atoms with Gasteiger partial charge in [0, 0.05) is 18.0 Å². The van der Waals surface area contributed by atoms with Crippen LogP contribution in [0.5, 0.6) is 5.75 Å². The number of halogens is 1. The van der Waals surface area contributed by atoms with Crippen LogP contribution >= 0.6 is 0 Å². The summed E-state index contributed by atoms with van der Waals surface area (Å²) >= 11 is 0. The topological polar surface area (TPSA) is 53.7 Å². The van der Waals surface area contributed by atoms with Gasteiger partial charge in [-0.15, -0.1) is 0 Å². The Labute approximate surface area is 155 Å². The number of pyridine rings is 2. The second-order valence-electron chi connectivity index (χ2n) is 6.36. The van der Waals surface area contributed by atoms with E-state index in [-0.39, 0.29) is 17.1 Å². The molecule has 0 aliphatic heterocycles. The van der Waals surface area contributed by atoms with Crippen molar-refractivity contribution >= 4 is 16.9 Å². The van der Waals surface area contributed by atoms with Crippen LogP contribution in [0, 0.1) is 5.82 Å². The van der Waals surface area contributed by atoms with E-state index in [0.717, 1.165) is 22.3 Å². The molecule has 2 N–H and O–H groups in total. The first kappa shape index (κ1) is 16.8. The van der Waals surface area contributed by atoms with E-state index in [4.69, 9.17) is 0 Å². The smallest absolute Gasteiger partial charge is 0.255 e. The van der Waals surface area contributed by atoms with Gasteiger partial charge in [0.05, 0.1) is 11.2 Å². The van der Waals surface area contributed by atoms with Gasteiger partial charge in [-0.2, -0.15) is 0 Å². The summed E-state index contributed by atoms with van der Waals surface area (Å²) in [6.07, 6.45) is 2.24. The van der Waals surface area contributed by atoms with Crippen molar-refractivity contribution in [3.05, 3.63) is 106 Å². The molecule has 0 unspecified atom stereocenters. The fraction of sp³-hybridized carbons (Fsp3) is 0.0455. The molecule has 0 atom stereocenters. The predicted molar refractivity (Wildman–Crippen MR) is 104 cm³/mol. The fourth-order valence-electron chi connectivity index (χ4n) is 3.04. The first-order valence-electron chi connectivity index (χ1n) is 8.53. The Morgan fingerprint density at radius 1 is 0.926 bits per heavy atom. The molecule has 134 valence electrons. The number of hydrogen-bond donors (Lipinski definition) is 2. The molecule has 2 aromatic carbocycles. The summed E-state index contributed by atoms with van der Waals surface area (Å²) in [5, 5.41) is 13.1. The minimum Gasteiger partial charge on any atom is -0.506 e. The van der Waals surface area contributed by atoms with Crippen molar-refractivity contribution in [2.75, 3.05) is 5.32 Å². The van der Waals surface area contributed by atoms with Crippen LogP contribution < -0.4 is 10.9 Å². The quantitative estimate of drug-likeness (QED) is 0.528. The van der Waals surface area contributed by atoms with Crippen LogP contribution in [0.2, 0.25) is 0 Å². The Hall–Kier alpha value is -3.60. The average Bonchev–Trinajstić information content (AvgIpc) is 2.65. The van der Waals surface area contributed by atoms with Gasteiger partial charge in [-0.25, -0.2) is 4.39 Å². The number of aromatic nitrogens is 1. The maximum absolute atomic E-state index is 13.1. The highest BCUT2D eigenvalue weighted by atomic mass is 19.1. The molecule has 0 fully saturated rings. The van der Waals surface area contributed by atoms with E-state index in [1.165, 1.54) is 12.1 Å². The number of anilines is 2. The number of hydrogen-bond acceptors (Lipinski definition) is 3. The number of benzene rings is 2. The molecule has 4 aromatic rings. The third-order valence-corrected chi connectivity index (χ3v) is 4.37. The largest absolute Gasteiger partial charge is 0.506 e. The highest BCUT2D eigenvalue weighted by Gasteiger charge is 2.05. The molecule has 0 saturated heterocycles. The second-order valence-corrected chi connectivity index (χ2v) is 6.36. The fourth-order valence-corrected chi connectivity index (χ4v) is 3.04. The number of rotatable bonds is 4. The summed E-state index contributed by atoms with van der Waals surface area (Å²) in [5.41, 5.74) is 3.75. The maximum atomic E-state index is 13.1. The monoisotopic (exact) mass is 360 g/mol. The lowest BCUT2D eigenvalue weighted by molar-refractivity contribution is 0.478. The van der Waals surface area contributed by atoms with Gasteiger partial charge < -0.3 is 10.4 Å². The van der Waals surface area contributed by atoms with Gasteiger partial charge in [0.1, 0.15) is 11.6 Å². The van der Waals surface area contributed by atoms with Crippen molar-refractivity contribution < 1.29 is 9.50 Å². The van der Waals surface area contributed by atoms with Crippen LogP contribution in [0.3, 0.4) is 0 Å². The van der Waals surface area contributed by atoms with Crippen molar-refractivity contribution in [1.29, 1.82) is 0 Å². The highest BCUT2D eigenvalue weighted by molar-refractivity contribution is 5.69. The summed E-state index contributed by atoms with van der Waals surface area (Å²) in [7, 11) is 0. The molecular weight excluding hydrogens is 343 g/mol. The van der Waals surface area contributed by atoms with Gasteiger partial charge in [0.25, 0.3) is 5.56 Å². The van der Waals surface area contributed by atoms with E-state index in [9.17, 15) is 14.3 Å². The van der Waals surface area contributed by atoms with Crippen LogP contribution in [-0.4, -0.2) is 9.51 Å². The number of phenols is 1. The Balaban J connectivity index is 1.68. The number of para-hydroxylation sites is 2. The second kappa shape index (κ2) is 6.96. The van der Waals surface area contributed by atoms with Crippen molar-refractivity contribution in [1.82, 2.24) is 4.40 Å².